The lowest BCUT2D eigenvalue weighted by atomic mass is 10.1. The van der Waals surface area contributed by atoms with Crippen molar-refractivity contribution in [2.24, 2.45) is 13.0 Å². The first-order valence-corrected chi connectivity index (χ1v) is 9.06. The first-order chi connectivity index (χ1) is 12.5. The van der Waals surface area contributed by atoms with Crippen molar-refractivity contribution in [3.8, 4) is 0 Å². The Hall–Kier alpha value is -2.64. The molecule has 2 amide bonds. The summed E-state index contributed by atoms with van der Waals surface area (Å²) in [5.41, 5.74) is 1.15. The van der Waals surface area contributed by atoms with E-state index in [1.54, 1.807) is 17.8 Å². The number of aryl methyl sites for hydroxylation is 1. The second-order valence-electron chi connectivity index (χ2n) is 7.16. The maximum Gasteiger partial charge on any atom is 0.315 e. The Labute approximate surface area is 152 Å². The normalized spacial score (nSPS) is 15.5. The average molecular weight is 358 g/mol. The van der Waals surface area contributed by atoms with Crippen molar-refractivity contribution in [3.63, 3.8) is 0 Å². The number of rotatable bonds is 4. The van der Waals surface area contributed by atoms with E-state index in [0.29, 0.717) is 42.5 Å². The number of urea groups is 1. The predicted octanol–water partition coefficient (Wildman–Crippen LogP) is 1.25. The van der Waals surface area contributed by atoms with Crippen LogP contribution in [0.2, 0.25) is 0 Å². The molecule has 8 nitrogen and oxygen atoms in total. The van der Waals surface area contributed by atoms with Gasteiger partial charge < -0.3 is 15.5 Å². The number of pyridine rings is 1. The molecule has 1 aliphatic heterocycles. The van der Waals surface area contributed by atoms with Crippen molar-refractivity contribution in [2.45, 2.75) is 32.7 Å². The molecule has 3 rings (SSSR count). The van der Waals surface area contributed by atoms with E-state index in [4.69, 9.17) is 0 Å². The van der Waals surface area contributed by atoms with Crippen LogP contribution in [0.5, 0.6) is 0 Å². The molecule has 1 aliphatic rings. The van der Waals surface area contributed by atoms with Crippen molar-refractivity contribution in [1.82, 2.24) is 25.2 Å². The van der Waals surface area contributed by atoms with Gasteiger partial charge in [-0.3, -0.25) is 9.36 Å². The maximum atomic E-state index is 12.6. The summed E-state index contributed by atoms with van der Waals surface area (Å²) in [5, 5.41) is 5.88. The molecule has 1 fully saturated rings. The fraction of sp³-hybridized carbons (Fsp3) is 0.556. The van der Waals surface area contributed by atoms with Gasteiger partial charge in [0.2, 0.25) is 0 Å². The maximum absolute atomic E-state index is 12.6. The van der Waals surface area contributed by atoms with Crippen LogP contribution in [0.4, 0.5) is 10.6 Å². The second-order valence-corrected chi connectivity index (χ2v) is 7.16. The van der Waals surface area contributed by atoms with Gasteiger partial charge in [-0.2, -0.15) is 0 Å². The third-order valence-corrected chi connectivity index (χ3v) is 4.61. The summed E-state index contributed by atoms with van der Waals surface area (Å²) in [7, 11) is 1.72. The number of amides is 2. The number of fused-ring (bicyclic) bond motifs is 1. The molecule has 1 saturated heterocycles. The molecule has 0 atom stereocenters. The molecule has 0 unspecified atom stereocenters. The fourth-order valence-corrected chi connectivity index (χ4v) is 3.12. The number of carbonyl (C=O) groups is 1. The van der Waals surface area contributed by atoms with Gasteiger partial charge in [-0.05, 0) is 30.9 Å². The highest BCUT2D eigenvalue weighted by Crippen LogP contribution is 2.17. The summed E-state index contributed by atoms with van der Waals surface area (Å²) in [4.78, 5) is 35.3. The minimum absolute atomic E-state index is 0.115. The second kappa shape index (κ2) is 7.72. The number of anilines is 1. The van der Waals surface area contributed by atoms with Gasteiger partial charge in [-0.15, -0.1) is 0 Å². The molecule has 0 saturated carbocycles. The highest BCUT2D eigenvalue weighted by atomic mass is 16.2. The fourth-order valence-electron chi connectivity index (χ4n) is 3.12. The molecule has 3 heterocycles. The molecule has 0 spiro atoms. The van der Waals surface area contributed by atoms with Gasteiger partial charge in [-0.1, -0.05) is 13.8 Å². The quantitative estimate of drug-likeness (QED) is 0.858. The molecule has 140 valence electrons. The van der Waals surface area contributed by atoms with Gasteiger partial charge in [0.05, 0.1) is 0 Å². The zero-order chi connectivity index (χ0) is 18.7. The highest BCUT2D eigenvalue weighted by Gasteiger charge is 2.24. The summed E-state index contributed by atoms with van der Waals surface area (Å²) in [6, 6.07) is 3.67. The Morgan fingerprint density at radius 2 is 2.08 bits per heavy atom. The monoisotopic (exact) mass is 358 g/mol. The third-order valence-electron chi connectivity index (χ3n) is 4.61. The standard InChI is InChI=1S/C18H26N6O2/c1-12(2)11-20-18(26)21-13-6-9-24(10-7-13)16-17(25)23(3)15-14(22-16)5-4-8-19-15/h4-5,8,12-13H,6-7,9-11H2,1-3H3,(H2,20,21,26). The van der Waals surface area contributed by atoms with Crippen molar-refractivity contribution in [2.75, 3.05) is 24.5 Å². The Balaban J connectivity index is 1.65. The van der Waals surface area contributed by atoms with Crippen LogP contribution in [0.15, 0.2) is 23.1 Å². The SMILES string of the molecule is CC(C)CNC(=O)NC1CCN(c2nc3cccnc3n(C)c2=O)CC1. The molecular formula is C18H26N6O2. The van der Waals surface area contributed by atoms with Crippen molar-refractivity contribution < 1.29 is 4.79 Å². The van der Waals surface area contributed by atoms with Crippen molar-refractivity contribution in [1.29, 1.82) is 0 Å². The molecule has 26 heavy (non-hydrogen) atoms. The molecule has 2 aromatic rings. The number of nitrogens with zero attached hydrogens (tertiary/aromatic N) is 4. The molecule has 2 N–H and O–H groups in total. The van der Waals surface area contributed by atoms with Gasteiger partial charge in [0.25, 0.3) is 5.56 Å². The number of carbonyl (C=O) groups excluding carboxylic acids is 1. The van der Waals surface area contributed by atoms with Gasteiger partial charge >= 0.3 is 6.03 Å². The topological polar surface area (TPSA) is 92.2 Å². The summed E-state index contributed by atoms with van der Waals surface area (Å²) in [6.45, 7) is 6.15. The van der Waals surface area contributed by atoms with Crippen LogP contribution in [-0.4, -0.2) is 46.2 Å². The summed E-state index contributed by atoms with van der Waals surface area (Å²) < 4.78 is 1.54. The van der Waals surface area contributed by atoms with E-state index >= 15 is 0 Å². The minimum Gasteiger partial charge on any atom is -0.352 e. The van der Waals surface area contributed by atoms with E-state index in [9.17, 15) is 9.59 Å². The lowest BCUT2D eigenvalue weighted by molar-refractivity contribution is 0.233. The number of nitrogens with one attached hydrogen (secondary N) is 2. The van der Waals surface area contributed by atoms with Gasteiger partial charge in [0.15, 0.2) is 11.5 Å². The molecule has 2 aromatic heterocycles. The van der Waals surface area contributed by atoms with Crippen LogP contribution in [0.3, 0.4) is 0 Å². The van der Waals surface area contributed by atoms with E-state index in [2.05, 4.69) is 34.4 Å². The smallest absolute Gasteiger partial charge is 0.315 e. The van der Waals surface area contributed by atoms with Crippen molar-refractivity contribution in [3.05, 3.63) is 28.7 Å². The third kappa shape index (κ3) is 3.95. The molecule has 0 aliphatic carbocycles. The lowest BCUT2D eigenvalue weighted by Crippen LogP contribution is -2.49. The minimum atomic E-state index is -0.141. The van der Waals surface area contributed by atoms with Crippen LogP contribution in [0.25, 0.3) is 11.2 Å². The van der Waals surface area contributed by atoms with E-state index in [0.717, 1.165) is 12.8 Å². The summed E-state index contributed by atoms with van der Waals surface area (Å²) in [6.07, 6.45) is 3.22. The average Bonchev–Trinajstić information content (AvgIpc) is 2.64. The van der Waals surface area contributed by atoms with E-state index < -0.39 is 0 Å². The van der Waals surface area contributed by atoms with Crippen LogP contribution >= 0.6 is 0 Å². The lowest BCUT2D eigenvalue weighted by Gasteiger charge is -2.33. The van der Waals surface area contributed by atoms with Crippen LogP contribution in [0, 0.1) is 5.92 Å². The zero-order valence-electron chi connectivity index (χ0n) is 15.5. The highest BCUT2D eigenvalue weighted by molar-refractivity contribution is 5.74. The Kier molecular flexibility index (Phi) is 5.39. The van der Waals surface area contributed by atoms with Crippen LogP contribution in [0.1, 0.15) is 26.7 Å². The van der Waals surface area contributed by atoms with Crippen molar-refractivity contribution >= 4 is 23.0 Å². The van der Waals surface area contributed by atoms with E-state index in [1.165, 1.54) is 0 Å². The predicted molar refractivity (Wildman–Crippen MR) is 101 cm³/mol. The number of piperidine rings is 1. The molecule has 0 radical (unpaired) electrons. The Bertz CT molecular complexity index is 839. The zero-order valence-corrected chi connectivity index (χ0v) is 15.5. The molecule has 8 heteroatoms. The van der Waals surface area contributed by atoms with Gasteiger partial charge in [-0.25, -0.2) is 14.8 Å². The Morgan fingerprint density at radius 3 is 2.77 bits per heavy atom. The first kappa shape index (κ1) is 18.2. The van der Waals surface area contributed by atoms with Crippen LogP contribution in [-0.2, 0) is 7.05 Å². The van der Waals surface area contributed by atoms with E-state index in [1.807, 2.05) is 17.0 Å². The molecule has 0 aromatic carbocycles. The van der Waals surface area contributed by atoms with Gasteiger partial charge in [0.1, 0.15) is 5.52 Å². The Morgan fingerprint density at radius 1 is 1.35 bits per heavy atom. The molecule has 0 bridgehead atoms. The number of aromatic nitrogens is 3. The largest absolute Gasteiger partial charge is 0.352 e. The molecular weight excluding hydrogens is 332 g/mol. The van der Waals surface area contributed by atoms with Gasteiger partial charge in [0, 0.05) is 38.9 Å². The summed E-state index contributed by atoms with van der Waals surface area (Å²) >= 11 is 0. The number of hydrogen-bond donors (Lipinski definition) is 2. The number of hydrogen-bond acceptors (Lipinski definition) is 5. The van der Waals surface area contributed by atoms with E-state index in [-0.39, 0.29) is 17.6 Å². The first-order valence-electron chi connectivity index (χ1n) is 9.06. The summed E-state index contributed by atoms with van der Waals surface area (Å²) in [5.74, 6) is 0.878. The van der Waals surface area contributed by atoms with Crippen LogP contribution < -0.4 is 21.1 Å².